The monoisotopic (exact) mass is 288 g/mol. The van der Waals surface area contributed by atoms with E-state index in [4.69, 9.17) is 14.7 Å². The van der Waals surface area contributed by atoms with E-state index in [1.807, 2.05) is 6.07 Å². The molecule has 0 aliphatic rings. The van der Waals surface area contributed by atoms with Gasteiger partial charge in [-0.1, -0.05) is 0 Å². The van der Waals surface area contributed by atoms with E-state index in [-0.39, 0.29) is 28.6 Å². The Balaban J connectivity index is 2.44. The van der Waals surface area contributed by atoms with Crippen molar-refractivity contribution in [1.82, 2.24) is 9.78 Å². The summed E-state index contributed by atoms with van der Waals surface area (Å²) < 4.78 is 11.9. The lowest BCUT2D eigenvalue weighted by Gasteiger charge is -2.07. The summed E-state index contributed by atoms with van der Waals surface area (Å²) in [6, 6.07) is 6.19. The molecule has 1 heterocycles. The van der Waals surface area contributed by atoms with Gasteiger partial charge in [0.2, 0.25) is 5.88 Å². The van der Waals surface area contributed by atoms with Crippen LogP contribution in [0, 0.1) is 28.4 Å². The second-order valence-corrected chi connectivity index (χ2v) is 4.19. The highest BCUT2D eigenvalue weighted by Crippen LogP contribution is 2.34. The van der Waals surface area contributed by atoms with Gasteiger partial charge in [-0.05, 0) is 19.1 Å². The first-order valence-electron chi connectivity index (χ1n) is 5.92. The minimum Gasteiger partial charge on any atom is -0.490 e. The third-order valence-corrected chi connectivity index (χ3v) is 2.84. The smallest absolute Gasteiger partial charge is 0.314 e. The summed E-state index contributed by atoms with van der Waals surface area (Å²) in [5.74, 6) is 0.588. The number of hydrogen-bond acceptors (Lipinski definition) is 6. The quantitative estimate of drug-likeness (QED) is 0.631. The molecule has 0 fully saturated rings. The van der Waals surface area contributed by atoms with Crippen molar-refractivity contribution in [2.75, 3.05) is 7.11 Å². The van der Waals surface area contributed by atoms with Gasteiger partial charge in [-0.3, -0.25) is 10.1 Å². The molecule has 0 spiro atoms. The van der Waals surface area contributed by atoms with Crippen LogP contribution in [0.5, 0.6) is 17.4 Å². The van der Waals surface area contributed by atoms with Crippen molar-refractivity contribution in [2.45, 2.75) is 6.92 Å². The highest BCUT2D eigenvalue weighted by Gasteiger charge is 2.19. The SMILES string of the molecule is COc1ccc(Oc2c(C#N)c(C)nn2C)cc1[N+](=O)[O-]. The highest BCUT2D eigenvalue weighted by molar-refractivity contribution is 5.52. The number of aryl methyl sites for hydroxylation is 2. The fraction of sp³-hybridized carbons (Fsp3) is 0.231. The number of nitro groups is 1. The minimum absolute atomic E-state index is 0.133. The van der Waals surface area contributed by atoms with Gasteiger partial charge in [0.15, 0.2) is 5.75 Å². The van der Waals surface area contributed by atoms with Crippen LogP contribution < -0.4 is 9.47 Å². The number of nitro benzene ring substituents is 1. The highest BCUT2D eigenvalue weighted by atomic mass is 16.6. The number of nitriles is 1. The molecule has 0 amide bonds. The van der Waals surface area contributed by atoms with E-state index in [0.717, 1.165) is 0 Å². The van der Waals surface area contributed by atoms with E-state index < -0.39 is 4.92 Å². The molecule has 0 atom stereocenters. The van der Waals surface area contributed by atoms with Crippen LogP contribution in [0.1, 0.15) is 11.3 Å². The number of ether oxygens (including phenoxy) is 2. The first-order valence-corrected chi connectivity index (χ1v) is 5.92. The summed E-state index contributed by atoms with van der Waals surface area (Å²) in [5, 5.41) is 24.2. The molecule has 2 aromatic rings. The Labute approximate surface area is 120 Å². The fourth-order valence-electron chi connectivity index (χ4n) is 1.87. The average molecular weight is 288 g/mol. The van der Waals surface area contributed by atoms with Crippen molar-refractivity contribution in [3.63, 3.8) is 0 Å². The first kappa shape index (κ1) is 14.3. The van der Waals surface area contributed by atoms with Gasteiger partial charge in [0.05, 0.1) is 23.8 Å². The van der Waals surface area contributed by atoms with Gasteiger partial charge in [0.25, 0.3) is 0 Å². The van der Waals surface area contributed by atoms with E-state index in [1.165, 1.54) is 30.0 Å². The molecule has 8 heteroatoms. The maximum absolute atomic E-state index is 11.0. The molecule has 1 aromatic heterocycles. The minimum atomic E-state index is -0.564. The standard InChI is InChI=1S/C13H12N4O4/c1-8-10(7-14)13(16(2)15-8)21-9-4-5-12(20-3)11(6-9)17(18)19/h4-6H,1-3H3. The molecule has 2 rings (SSSR count). The van der Waals surface area contributed by atoms with Gasteiger partial charge in [0.1, 0.15) is 17.4 Å². The number of nitrogens with zero attached hydrogens (tertiary/aromatic N) is 4. The van der Waals surface area contributed by atoms with Gasteiger partial charge in [0, 0.05) is 7.05 Å². The topological polar surface area (TPSA) is 103 Å². The van der Waals surface area contributed by atoms with Gasteiger partial charge >= 0.3 is 5.69 Å². The van der Waals surface area contributed by atoms with E-state index in [2.05, 4.69) is 5.10 Å². The molecule has 0 saturated heterocycles. The summed E-state index contributed by atoms with van der Waals surface area (Å²) in [6.45, 7) is 1.68. The van der Waals surface area contributed by atoms with Crippen molar-refractivity contribution in [1.29, 1.82) is 5.26 Å². The Morgan fingerprint density at radius 3 is 2.76 bits per heavy atom. The molecule has 0 unspecified atom stereocenters. The number of benzene rings is 1. The van der Waals surface area contributed by atoms with Crippen molar-refractivity contribution in [3.8, 4) is 23.4 Å². The van der Waals surface area contributed by atoms with Crippen LogP contribution >= 0.6 is 0 Å². The molecule has 0 N–H and O–H groups in total. The summed E-state index contributed by atoms with van der Waals surface area (Å²) in [4.78, 5) is 10.4. The van der Waals surface area contributed by atoms with Crippen LogP contribution in [0.25, 0.3) is 0 Å². The summed E-state index contributed by atoms with van der Waals surface area (Å²) in [6.07, 6.45) is 0. The lowest BCUT2D eigenvalue weighted by Crippen LogP contribution is -1.98. The number of hydrogen-bond donors (Lipinski definition) is 0. The maximum Gasteiger partial charge on any atom is 0.314 e. The van der Waals surface area contributed by atoms with E-state index >= 15 is 0 Å². The number of rotatable bonds is 4. The molecule has 8 nitrogen and oxygen atoms in total. The Morgan fingerprint density at radius 2 is 2.19 bits per heavy atom. The van der Waals surface area contributed by atoms with Crippen molar-refractivity contribution in [3.05, 3.63) is 39.6 Å². The molecule has 0 aliphatic carbocycles. The predicted octanol–water partition coefficient (Wildman–Crippen LogP) is 2.31. The van der Waals surface area contributed by atoms with Crippen LogP contribution in [0.4, 0.5) is 5.69 Å². The van der Waals surface area contributed by atoms with Gasteiger partial charge < -0.3 is 9.47 Å². The molecule has 21 heavy (non-hydrogen) atoms. The fourth-order valence-corrected chi connectivity index (χ4v) is 1.87. The van der Waals surface area contributed by atoms with Crippen LogP contribution in [-0.4, -0.2) is 21.8 Å². The van der Waals surface area contributed by atoms with Gasteiger partial charge in [-0.15, -0.1) is 0 Å². The lowest BCUT2D eigenvalue weighted by molar-refractivity contribution is -0.385. The van der Waals surface area contributed by atoms with Gasteiger partial charge in [-0.25, -0.2) is 4.68 Å². The molecule has 108 valence electrons. The molecule has 0 saturated carbocycles. The Hall–Kier alpha value is -3.08. The van der Waals surface area contributed by atoms with Gasteiger partial charge in [-0.2, -0.15) is 10.4 Å². The first-order chi connectivity index (χ1) is 9.97. The molecular weight excluding hydrogens is 276 g/mol. The van der Waals surface area contributed by atoms with Crippen LogP contribution in [0.2, 0.25) is 0 Å². The molecular formula is C13H12N4O4. The van der Waals surface area contributed by atoms with Crippen LogP contribution in [-0.2, 0) is 7.05 Å². The number of methoxy groups -OCH3 is 1. The molecule has 0 aliphatic heterocycles. The average Bonchev–Trinajstić information content (AvgIpc) is 2.72. The molecule has 1 aromatic carbocycles. The van der Waals surface area contributed by atoms with Crippen molar-refractivity contribution in [2.24, 2.45) is 7.05 Å². The van der Waals surface area contributed by atoms with E-state index in [1.54, 1.807) is 14.0 Å². The van der Waals surface area contributed by atoms with Crippen LogP contribution in [0.3, 0.4) is 0 Å². The normalized spacial score (nSPS) is 10.0. The summed E-state index contributed by atoms with van der Waals surface area (Å²) >= 11 is 0. The van der Waals surface area contributed by atoms with E-state index in [0.29, 0.717) is 5.69 Å². The van der Waals surface area contributed by atoms with Crippen molar-refractivity contribution < 1.29 is 14.4 Å². The zero-order valence-corrected chi connectivity index (χ0v) is 11.7. The van der Waals surface area contributed by atoms with Crippen molar-refractivity contribution >= 4 is 5.69 Å². The van der Waals surface area contributed by atoms with E-state index in [9.17, 15) is 10.1 Å². The summed E-state index contributed by atoms with van der Waals surface area (Å²) in [7, 11) is 2.97. The second-order valence-electron chi connectivity index (χ2n) is 4.19. The Kier molecular flexibility index (Phi) is 3.75. The Bertz CT molecular complexity index is 745. The third kappa shape index (κ3) is 2.62. The Morgan fingerprint density at radius 1 is 1.48 bits per heavy atom. The summed E-state index contributed by atoms with van der Waals surface area (Å²) in [5.41, 5.74) is 0.599. The third-order valence-electron chi connectivity index (χ3n) is 2.84. The van der Waals surface area contributed by atoms with Crippen LogP contribution in [0.15, 0.2) is 18.2 Å². The second kappa shape index (κ2) is 5.50. The lowest BCUT2D eigenvalue weighted by atomic mass is 10.2. The number of aromatic nitrogens is 2. The largest absolute Gasteiger partial charge is 0.490 e. The predicted molar refractivity (Wildman–Crippen MR) is 72.4 cm³/mol. The zero-order valence-electron chi connectivity index (χ0n) is 11.7. The zero-order chi connectivity index (χ0) is 15.6. The maximum atomic E-state index is 11.0. The molecule has 0 radical (unpaired) electrons. The molecule has 0 bridgehead atoms.